The third-order valence-corrected chi connectivity index (χ3v) is 2.61. The molecule has 0 aliphatic carbocycles. The second kappa shape index (κ2) is 6.91. The van der Waals surface area contributed by atoms with Crippen LogP contribution in [0.4, 0.5) is 5.69 Å². The number of hydrazine groups is 1. The number of nitrogens with one attached hydrogen (secondary N) is 1. The number of aliphatic imine (C=N–C) groups is 1. The molecule has 0 bridgehead atoms. The molecule has 0 saturated heterocycles. The van der Waals surface area contributed by atoms with Gasteiger partial charge in [0.25, 0.3) is 5.96 Å². The van der Waals surface area contributed by atoms with Crippen LogP contribution in [0.1, 0.15) is 19.4 Å². The molecular weight excluding hydrogens is 270 g/mol. The predicted molar refractivity (Wildman–Crippen MR) is 77.2 cm³/mol. The molecule has 0 aliphatic rings. The van der Waals surface area contributed by atoms with Crippen molar-refractivity contribution in [1.29, 1.82) is 0 Å². The Labute approximate surface area is 117 Å². The maximum absolute atomic E-state index is 10.1. The zero-order valence-electron chi connectivity index (χ0n) is 10.8. The van der Waals surface area contributed by atoms with E-state index in [4.69, 9.17) is 11.5 Å². The van der Waals surface area contributed by atoms with E-state index in [9.17, 15) is 10.1 Å². The molecule has 5 N–H and O–H groups in total. The summed E-state index contributed by atoms with van der Waals surface area (Å²) in [5.41, 5.74) is 14.3. The maximum atomic E-state index is 10.1. The summed E-state index contributed by atoms with van der Waals surface area (Å²) in [6.07, 6.45) is 0. The van der Waals surface area contributed by atoms with Crippen LogP contribution in [0, 0.1) is 10.1 Å². The van der Waals surface area contributed by atoms with Gasteiger partial charge in [0.2, 0.25) is 0 Å². The van der Waals surface area contributed by atoms with Crippen LogP contribution < -0.4 is 16.9 Å². The van der Waals surface area contributed by atoms with E-state index in [2.05, 4.69) is 4.99 Å². The Hall–Kier alpha value is -1.86. The average molecular weight is 288 g/mol. The highest BCUT2D eigenvalue weighted by atomic mass is 35.5. The van der Waals surface area contributed by atoms with Gasteiger partial charge in [0.1, 0.15) is 0 Å². The van der Waals surface area contributed by atoms with Crippen molar-refractivity contribution in [2.24, 2.45) is 16.5 Å². The van der Waals surface area contributed by atoms with Crippen molar-refractivity contribution in [3.05, 3.63) is 39.9 Å². The Morgan fingerprint density at radius 1 is 1.42 bits per heavy atom. The van der Waals surface area contributed by atoms with Crippen LogP contribution in [-0.2, 0) is 5.41 Å². The molecule has 0 aromatic heterocycles. The molecule has 0 heterocycles. The third kappa shape index (κ3) is 5.11. The minimum absolute atomic E-state index is 0. The maximum Gasteiger partial charge on any atom is 0.256 e. The van der Waals surface area contributed by atoms with Crippen LogP contribution in [-0.4, -0.2) is 17.5 Å². The fourth-order valence-electron chi connectivity index (χ4n) is 1.36. The fourth-order valence-corrected chi connectivity index (χ4v) is 1.36. The van der Waals surface area contributed by atoms with Crippen molar-refractivity contribution >= 4 is 24.1 Å². The minimum atomic E-state index is -0.759. The zero-order chi connectivity index (χ0) is 13.8. The molecule has 8 heteroatoms. The number of nitro groups is 1. The molecule has 0 saturated carbocycles. The van der Waals surface area contributed by atoms with Gasteiger partial charge in [-0.05, 0) is 17.7 Å². The standard InChI is InChI=1S/C11H17N5O2.ClH/c1-11(2,7-12)8-3-5-9(6-4-8)14-10(13)15-16(17)18;/h3-6H,7,12H2,1-2H3,(H3,13,14,15);1H. The molecule has 1 aromatic carbocycles. The van der Waals surface area contributed by atoms with E-state index in [0.29, 0.717) is 12.2 Å². The second-order valence-corrected chi connectivity index (χ2v) is 4.50. The Kier molecular flexibility index (Phi) is 6.23. The molecule has 0 aliphatic heterocycles. The molecule has 0 amide bonds. The molecule has 0 atom stereocenters. The SMILES string of the molecule is CC(C)(CN)c1ccc(N=C(N)N[N+](=O)[O-])cc1.Cl. The highest BCUT2D eigenvalue weighted by Gasteiger charge is 2.17. The molecule has 0 unspecified atom stereocenters. The summed E-state index contributed by atoms with van der Waals surface area (Å²) in [6, 6.07) is 7.23. The average Bonchev–Trinajstić information content (AvgIpc) is 2.28. The fraction of sp³-hybridized carbons (Fsp3) is 0.364. The smallest absolute Gasteiger partial charge is 0.256 e. The van der Waals surface area contributed by atoms with Crippen LogP contribution in [0.25, 0.3) is 0 Å². The second-order valence-electron chi connectivity index (χ2n) is 4.50. The zero-order valence-corrected chi connectivity index (χ0v) is 11.6. The first-order valence-corrected chi connectivity index (χ1v) is 5.41. The summed E-state index contributed by atoms with van der Waals surface area (Å²) in [7, 11) is 0. The highest BCUT2D eigenvalue weighted by Crippen LogP contribution is 2.24. The lowest BCUT2D eigenvalue weighted by atomic mass is 9.85. The van der Waals surface area contributed by atoms with Gasteiger partial charge in [0.05, 0.1) is 5.69 Å². The largest absolute Gasteiger partial charge is 0.365 e. The van der Waals surface area contributed by atoms with Crippen molar-refractivity contribution in [3.63, 3.8) is 0 Å². The van der Waals surface area contributed by atoms with E-state index in [1.54, 1.807) is 17.6 Å². The lowest BCUT2D eigenvalue weighted by molar-refractivity contribution is -0.525. The first-order chi connectivity index (χ1) is 8.35. The van der Waals surface area contributed by atoms with Gasteiger partial charge in [-0.15, -0.1) is 12.4 Å². The van der Waals surface area contributed by atoms with E-state index in [1.165, 1.54) is 0 Å². The Balaban J connectivity index is 0.00000324. The van der Waals surface area contributed by atoms with Crippen molar-refractivity contribution < 1.29 is 5.03 Å². The van der Waals surface area contributed by atoms with E-state index < -0.39 is 5.03 Å². The number of hydrogen-bond donors (Lipinski definition) is 3. The Morgan fingerprint density at radius 2 is 1.95 bits per heavy atom. The van der Waals surface area contributed by atoms with E-state index in [-0.39, 0.29) is 23.8 Å². The van der Waals surface area contributed by atoms with Gasteiger partial charge in [-0.1, -0.05) is 31.4 Å². The lowest BCUT2D eigenvalue weighted by Crippen LogP contribution is -2.35. The van der Waals surface area contributed by atoms with Crippen LogP contribution in [0.3, 0.4) is 0 Å². The minimum Gasteiger partial charge on any atom is -0.365 e. The number of benzene rings is 1. The topological polar surface area (TPSA) is 120 Å². The van der Waals surface area contributed by atoms with Gasteiger partial charge in [-0.25, -0.2) is 15.1 Å². The molecule has 0 radical (unpaired) electrons. The van der Waals surface area contributed by atoms with E-state index in [1.807, 2.05) is 26.0 Å². The Morgan fingerprint density at radius 3 is 2.37 bits per heavy atom. The monoisotopic (exact) mass is 287 g/mol. The summed E-state index contributed by atoms with van der Waals surface area (Å²) in [4.78, 5) is 14.0. The quantitative estimate of drug-likeness (QED) is 0.331. The third-order valence-electron chi connectivity index (χ3n) is 2.61. The summed E-state index contributed by atoms with van der Waals surface area (Å²) >= 11 is 0. The first-order valence-electron chi connectivity index (χ1n) is 5.41. The van der Waals surface area contributed by atoms with Crippen LogP contribution in [0.15, 0.2) is 29.3 Å². The molecule has 0 fully saturated rings. The van der Waals surface area contributed by atoms with E-state index >= 15 is 0 Å². The number of nitrogens with two attached hydrogens (primary N) is 2. The summed E-state index contributed by atoms with van der Waals surface area (Å²) < 4.78 is 0. The van der Waals surface area contributed by atoms with Crippen molar-refractivity contribution in [2.75, 3.05) is 6.54 Å². The number of nitrogens with zero attached hydrogens (tertiary/aromatic N) is 2. The van der Waals surface area contributed by atoms with Gasteiger partial charge in [-0.3, -0.25) is 0 Å². The molecular formula is C11H18ClN5O2. The summed E-state index contributed by atoms with van der Waals surface area (Å²) in [5, 5.41) is 9.38. The summed E-state index contributed by atoms with van der Waals surface area (Å²) in [6.45, 7) is 4.60. The van der Waals surface area contributed by atoms with Crippen molar-refractivity contribution in [1.82, 2.24) is 5.43 Å². The molecule has 1 aromatic rings. The number of hydrogen-bond acceptors (Lipinski definition) is 4. The normalized spacial score (nSPS) is 11.6. The van der Waals surface area contributed by atoms with Gasteiger partial charge in [0, 0.05) is 12.0 Å². The van der Waals surface area contributed by atoms with Gasteiger partial charge >= 0.3 is 0 Å². The van der Waals surface area contributed by atoms with Crippen LogP contribution >= 0.6 is 12.4 Å². The molecule has 106 valence electrons. The predicted octanol–water partition coefficient (Wildman–Crippen LogP) is 1.07. The van der Waals surface area contributed by atoms with Gasteiger partial charge in [0.15, 0.2) is 5.03 Å². The van der Waals surface area contributed by atoms with Gasteiger partial charge < -0.3 is 11.5 Å². The molecule has 19 heavy (non-hydrogen) atoms. The van der Waals surface area contributed by atoms with Crippen molar-refractivity contribution in [3.8, 4) is 0 Å². The molecule has 1 rings (SSSR count). The number of guanidine groups is 1. The van der Waals surface area contributed by atoms with Crippen LogP contribution in [0.5, 0.6) is 0 Å². The number of rotatable bonds is 4. The first kappa shape index (κ1) is 17.1. The Bertz CT molecular complexity index is 459. The molecule has 7 nitrogen and oxygen atoms in total. The highest BCUT2D eigenvalue weighted by molar-refractivity contribution is 5.85. The molecule has 0 spiro atoms. The van der Waals surface area contributed by atoms with Crippen LogP contribution in [0.2, 0.25) is 0 Å². The lowest BCUT2D eigenvalue weighted by Gasteiger charge is -2.22. The number of halogens is 1. The van der Waals surface area contributed by atoms with E-state index in [0.717, 1.165) is 5.56 Å². The summed E-state index contributed by atoms with van der Waals surface area (Å²) in [5.74, 6) is -0.258. The van der Waals surface area contributed by atoms with Crippen molar-refractivity contribution in [2.45, 2.75) is 19.3 Å². The van der Waals surface area contributed by atoms with Gasteiger partial charge in [-0.2, -0.15) is 0 Å².